The van der Waals surface area contributed by atoms with Crippen LogP contribution in [0.1, 0.15) is 39.5 Å². The van der Waals surface area contributed by atoms with Gasteiger partial charge in [0.2, 0.25) is 0 Å². The third-order valence-electron chi connectivity index (χ3n) is 2.47. The largest absolute Gasteiger partial charge is 0.391 e. The molecule has 2 atom stereocenters. The minimum absolute atomic E-state index is 0.0671. The van der Waals surface area contributed by atoms with Crippen LogP contribution in [0.25, 0.3) is 0 Å². The molecular formula is C10H20N2O2. The molecule has 1 aliphatic carbocycles. The molecule has 82 valence electrons. The van der Waals surface area contributed by atoms with E-state index >= 15 is 0 Å². The number of amides is 2. The zero-order chi connectivity index (χ0) is 10.6. The average molecular weight is 200 g/mol. The lowest BCUT2D eigenvalue weighted by Gasteiger charge is -2.28. The number of hydrogen-bond donors (Lipinski definition) is 3. The minimum Gasteiger partial charge on any atom is -0.391 e. The molecule has 0 aromatic rings. The molecule has 0 spiro atoms. The topological polar surface area (TPSA) is 61.4 Å². The standard InChI is InChI=1S/C10H20N2O2/c1-7(2)11-10(14)12-8-5-3-4-6-9(8)13/h7-9,13H,3-6H2,1-2H3,(H2,11,12,14)/t8-,9-/m0/s1. The zero-order valence-corrected chi connectivity index (χ0v) is 8.92. The Morgan fingerprint density at radius 1 is 1.36 bits per heavy atom. The van der Waals surface area contributed by atoms with Crippen molar-refractivity contribution in [3.8, 4) is 0 Å². The summed E-state index contributed by atoms with van der Waals surface area (Å²) in [5.41, 5.74) is 0. The summed E-state index contributed by atoms with van der Waals surface area (Å²) in [6.45, 7) is 3.83. The van der Waals surface area contributed by atoms with Gasteiger partial charge in [0.25, 0.3) is 0 Å². The summed E-state index contributed by atoms with van der Waals surface area (Å²) < 4.78 is 0. The van der Waals surface area contributed by atoms with Gasteiger partial charge in [-0.15, -0.1) is 0 Å². The van der Waals surface area contributed by atoms with Crippen LogP contribution in [0.3, 0.4) is 0 Å². The van der Waals surface area contributed by atoms with Crippen LogP contribution in [0.15, 0.2) is 0 Å². The molecule has 0 aromatic carbocycles. The van der Waals surface area contributed by atoms with Crippen molar-refractivity contribution in [1.82, 2.24) is 10.6 Å². The summed E-state index contributed by atoms with van der Waals surface area (Å²) in [6, 6.07) is -0.107. The fourth-order valence-electron chi connectivity index (χ4n) is 1.75. The number of nitrogens with one attached hydrogen (secondary N) is 2. The Hall–Kier alpha value is -0.770. The zero-order valence-electron chi connectivity index (χ0n) is 8.92. The van der Waals surface area contributed by atoms with E-state index in [9.17, 15) is 9.90 Å². The molecule has 4 heteroatoms. The van der Waals surface area contributed by atoms with Gasteiger partial charge in [-0.05, 0) is 26.7 Å². The van der Waals surface area contributed by atoms with Gasteiger partial charge in [-0.25, -0.2) is 4.79 Å². The van der Waals surface area contributed by atoms with Crippen LogP contribution in [0.2, 0.25) is 0 Å². The first-order valence-corrected chi connectivity index (χ1v) is 5.34. The van der Waals surface area contributed by atoms with Crippen LogP contribution >= 0.6 is 0 Å². The summed E-state index contributed by atoms with van der Waals surface area (Å²) >= 11 is 0. The first kappa shape index (κ1) is 11.3. The van der Waals surface area contributed by atoms with Crippen molar-refractivity contribution < 1.29 is 9.90 Å². The highest BCUT2D eigenvalue weighted by Gasteiger charge is 2.24. The summed E-state index contributed by atoms with van der Waals surface area (Å²) in [5.74, 6) is 0. The average Bonchev–Trinajstić information content (AvgIpc) is 2.07. The maximum absolute atomic E-state index is 11.3. The number of carbonyl (C=O) groups is 1. The molecule has 3 N–H and O–H groups in total. The smallest absolute Gasteiger partial charge is 0.315 e. The second kappa shape index (κ2) is 5.20. The van der Waals surface area contributed by atoms with Crippen molar-refractivity contribution in [2.24, 2.45) is 0 Å². The summed E-state index contributed by atoms with van der Waals surface area (Å²) in [4.78, 5) is 11.3. The van der Waals surface area contributed by atoms with Crippen LogP contribution in [-0.2, 0) is 0 Å². The maximum atomic E-state index is 11.3. The van der Waals surface area contributed by atoms with Crippen LogP contribution in [-0.4, -0.2) is 29.3 Å². The summed E-state index contributed by atoms with van der Waals surface area (Å²) in [5, 5.41) is 15.2. The number of aliphatic hydroxyl groups is 1. The van der Waals surface area contributed by atoms with E-state index in [2.05, 4.69) is 10.6 Å². The minimum atomic E-state index is -0.373. The third-order valence-corrected chi connectivity index (χ3v) is 2.47. The van der Waals surface area contributed by atoms with E-state index in [-0.39, 0.29) is 24.2 Å². The van der Waals surface area contributed by atoms with Gasteiger partial charge in [0.15, 0.2) is 0 Å². The second-order valence-electron chi connectivity index (χ2n) is 4.23. The van der Waals surface area contributed by atoms with Crippen LogP contribution in [0, 0.1) is 0 Å². The Bertz CT molecular complexity index is 195. The predicted octanol–water partition coefficient (Wildman–Crippen LogP) is 0.998. The lowest BCUT2D eigenvalue weighted by molar-refractivity contribution is 0.0941. The van der Waals surface area contributed by atoms with Gasteiger partial charge in [0.05, 0.1) is 12.1 Å². The van der Waals surface area contributed by atoms with Crippen LogP contribution in [0.4, 0.5) is 4.79 Å². The molecule has 4 nitrogen and oxygen atoms in total. The Morgan fingerprint density at radius 2 is 2.00 bits per heavy atom. The maximum Gasteiger partial charge on any atom is 0.315 e. The Labute approximate surface area is 85.1 Å². The third kappa shape index (κ3) is 3.54. The van der Waals surface area contributed by atoms with E-state index in [0.717, 1.165) is 25.7 Å². The molecule has 1 saturated carbocycles. The van der Waals surface area contributed by atoms with Gasteiger partial charge in [-0.3, -0.25) is 0 Å². The number of carbonyl (C=O) groups excluding carboxylic acids is 1. The van der Waals surface area contributed by atoms with Gasteiger partial charge in [-0.2, -0.15) is 0 Å². The van der Waals surface area contributed by atoms with Gasteiger partial charge >= 0.3 is 6.03 Å². The van der Waals surface area contributed by atoms with Gasteiger partial charge < -0.3 is 15.7 Å². The molecule has 14 heavy (non-hydrogen) atoms. The first-order valence-electron chi connectivity index (χ1n) is 5.34. The van der Waals surface area contributed by atoms with Crippen molar-refractivity contribution >= 4 is 6.03 Å². The number of urea groups is 1. The molecule has 1 fully saturated rings. The fourth-order valence-corrected chi connectivity index (χ4v) is 1.75. The molecule has 1 rings (SSSR count). The molecule has 1 aliphatic rings. The van der Waals surface area contributed by atoms with Crippen LogP contribution < -0.4 is 10.6 Å². The van der Waals surface area contributed by atoms with E-state index in [1.165, 1.54) is 0 Å². The second-order valence-corrected chi connectivity index (χ2v) is 4.23. The lowest BCUT2D eigenvalue weighted by Crippen LogP contribution is -2.50. The normalized spacial score (nSPS) is 27.4. The van der Waals surface area contributed by atoms with E-state index in [1.807, 2.05) is 13.8 Å². The van der Waals surface area contributed by atoms with Crippen molar-refractivity contribution in [2.45, 2.75) is 57.7 Å². The van der Waals surface area contributed by atoms with Crippen molar-refractivity contribution in [3.05, 3.63) is 0 Å². The molecule has 0 saturated heterocycles. The quantitative estimate of drug-likeness (QED) is 0.622. The lowest BCUT2D eigenvalue weighted by atomic mass is 9.93. The Balaban J connectivity index is 2.31. The van der Waals surface area contributed by atoms with Gasteiger partial charge in [0.1, 0.15) is 0 Å². The highest BCUT2D eigenvalue weighted by atomic mass is 16.3. The monoisotopic (exact) mass is 200 g/mol. The molecule has 0 aromatic heterocycles. The molecular weight excluding hydrogens is 180 g/mol. The number of rotatable bonds is 2. The number of aliphatic hydroxyl groups excluding tert-OH is 1. The summed E-state index contributed by atoms with van der Waals surface area (Å²) in [7, 11) is 0. The Morgan fingerprint density at radius 3 is 2.57 bits per heavy atom. The van der Waals surface area contributed by atoms with Crippen molar-refractivity contribution in [1.29, 1.82) is 0 Å². The molecule has 0 aliphatic heterocycles. The highest BCUT2D eigenvalue weighted by Crippen LogP contribution is 2.18. The molecule has 0 bridgehead atoms. The fraction of sp³-hybridized carbons (Fsp3) is 0.900. The van der Waals surface area contributed by atoms with Crippen LogP contribution in [0.5, 0.6) is 0 Å². The van der Waals surface area contributed by atoms with E-state index in [4.69, 9.17) is 0 Å². The molecule has 2 amide bonds. The Kier molecular flexibility index (Phi) is 4.20. The van der Waals surface area contributed by atoms with Gasteiger partial charge in [0, 0.05) is 6.04 Å². The highest BCUT2D eigenvalue weighted by molar-refractivity contribution is 5.74. The van der Waals surface area contributed by atoms with E-state index in [1.54, 1.807) is 0 Å². The first-order chi connectivity index (χ1) is 6.59. The summed E-state index contributed by atoms with van der Waals surface area (Å²) in [6.07, 6.45) is 3.45. The molecule has 0 heterocycles. The number of hydrogen-bond acceptors (Lipinski definition) is 2. The predicted molar refractivity (Wildman–Crippen MR) is 55.1 cm³/mol. The van der Waals surface area contributed by atoms with Crippen molar-refractivity contribution in [2.75, 3.05) is 0 Å². The van der Waals surface area contributed by atoms with E-state index < -0.39 is 0 Å². The van der Waals surface area contributed by atoms with Crippen molar-refractivity contribution in [3.63, 3.8) is 0 Å². The van der Waals surface area contributed by atoms with E-state index in [0.29, 0.717) is 0 Å². The molecule has 0 radical (unpaired) electrons. The molecule has 0 unspecified atom stereocenters. The van der Waals surface area contributed by atoms with Gasteiger partial charge in [-0.1, -0.05) is 12.8 Å². The SMILES string of the molecule is CC(C)NC(=O)N[C@H]1CCCC[C@@H]1O.